The van der Waals surface area contributed by atoms with Crippen molar-refractivity contribution in [2.75, 3.05) is 0 Å². The summed E-state index contributed by atoms with van der Waals surface area (Å²) in [4.78, 5) is 0. The van der Waals surface area contributed by atoms with E-state index in [-0.39, 0.29) is 5.41 Å². The second-order valence-corrected chi connectivity index (χ2v) is 7.72. The van der Waals surface area contributed by atoms with Gasteiger partial charge in [-0.25, -0.2) is 0 Å². The lowest BCUT2D eigenvalue weighted by atomic mass is 9.84. The number of rotatable bonds is 1. The van der Waals surface area contributed by atoms with E-state index in [1.807, 2.05) is 18.2 Å². The fraction of sp³-hybridized carbons (Fsp3) is 0.455. The van der Waals surface area contributed by atoms with Crippen LogP contribution in [-0.4, -0.2) is 0 Å². The van der Waals surface area contributed by atoms with Crippen molar-refractivity contribution in [2.24, 2.45) is 0 Å². The average Bonchev–Trinajstić information content (AvgIpc) is 2.01. The molecule has 0 saturated carbocycles. The molecule has 0 nitrogen and oxygen atoms in total. The molecule has 0 heterocycles. The zero-order valence-electron chi connectivity index (χ0n) is 8.44. The Hall–Kier alpha value is 0.280. The van der Waals surface area contributed by atoms with Gasteiger partial charge in [0, 0.05) is 5.56 Å². The predicted molar refractivity (Wildman–Crippen MR) is 67.5 cm³/mol. The topological polar surface area (TPSA) is 0 Å². The highest BCUT2D eigenvalue weighted by atomic mass is 79.9. The van der Waals surface area contributed by atoms with Crippen molar-refractivity contribution in [1.82, 2.24) is 0 Å². The highest BCUT2D eigenvalue weighted by Gasteiger charge is 2.29. The molecule has 0 unspecified atom stereocenters. The Labute approximate surface area is 104 Å². The van der Waals surface area contributed by atoms with E-state index >= 15 is 0 Å². The lowest BCUT2D eigenvalue weighted by Gasteiger charge is -2.26. The minimum absolute atomic E-state index is 0.0411. The molecule has 3 heteroatoms. The maximum Gasteiger partial charge on any atom is 0.197 e. The zero-order valence-corrected chi connectivity index (χ0v) is 11.5. The first-order chi connectivity index (χ1) is 6.23. The van der Waals surface area contributed by atoms with E-state index in [9.17, 15) is 0 Å². The van der Waals surface area contributed by atoms with E-state index in [2.05, 4.69) is 42.8 Å². The van der Waals surface area contributed by atoms with Gasteiger partial charge in [-0.05, 0) is 26.9 Å². The molecular weight excluding hydrogens is 283 g/mol. The molecule has 1 rings (SSSR count). The summed E-state index contributed by atoms with van der Waals surface area (Å²) < 4.78 is -1.00. The number of hydrogen-bond donors (Lipinski definition) is 0. The Morgan fingerprint density at radius 1 is 1.00 bits per heavy atom. The van der Waals surface area contributed by atoms with Crippen LogP contribution in [0.5, 0.6) is 0 Å². The Kier molecular flexibility index (Phi) is 3.56. The van der Waals surface area contributed by atoms with E-state index < -0.39 is 3.24 Å². The van der Waals surface area contributed by atoms with Gasteiger partial charge in [0.25, 0.3) is 0 Å². The quantitative estimate of drug-likeness (QED) is 0.642. The van der Waals surface area contributed by atoms with Gasteiger partial charge in [-0.1, -0.05) is 68.2 Å². The molecule has 1 aromatic carbocycles. The van der Waals surface area contributed by atoms with Crippen molar-refractivity contribution < 1.29 is 0 Å². The van der Waals surface area contributed by atoms with Gasteiger partial charge in [-0.2, -0.15) is 0 Å². The summed E-state index contributed by atoms with van der Waals surface area (Å²) in [7, 11) is 0. The van der Waals surface area contributed by atoms with Crippen LogP contribution in [0.25, 0.3) is 0 Å². The molecule has 0 aliphatic rings. The molecule has 0 aliphatic heterocycles. The number of hydrogen-bond acceptors (Lipinski definition) is 0. The van der Waals surface area contributed by atoms with Crippen LogP contribution in [0.4, 0.5) is 0 Å². The van der Waals surface area contributed by atoms with Crippen LogP contribution < -0.4 is 0 Å². The van der Waals surface area contributed by atoms with Crippen molar-refractivity contribution in [3.8, 4) is 0 Å². The summed E-state index contributed by atoms with van der Waals surface area (Å²) in [5.74, 6) is 0. The first-order valence-corrected chi connectivity index (χ1v) is 5.94. The van der Waals surface area contributed by atoms with Gasteiger partial charge in [0.05, 0.1) is 0 Å². The highest BCUT2D eigenvalue weighted by Crippen LogP contribution is 2.44. The van der Waals surface area contributed by atoms with Gasteiger partial charge >= 0.3 is 0 Å². The molecule has 0 amide bonds. The molecule has 0 bridgehead atoms. The lowest BCUT2D eigenvalue weighted by Crippen LogP contribution is -2.17. The van der Waals surface area contributed by atoms with Gasteiger partial charge in [0.1, 0.15) is 0 Å². The van der Waals surface area contributed by atoms with Gasteiger partial charge in [-0.3, -0.25) is 0 Å². The van der Waals surface area contributed by atoms with Crippen molar-refractivity contribution in [1.29, 1.82) is 0 Å². The molecule has 0 atom stereocenters. The van der Waals surface area contributed by atoms with Crippen LogP contribution in [0.2, 0.25) is 0 Å². The predicted octanol–water partition coefficient (Wildman–Crippen LogP) is 4.97. The summed E-state index contributed by atoms with van der Waals surface area (Å²) in [5.41, 5.74) is 2.11. The zero-order chi connectivity index (χ0) is 11.0. The van der Waals surface area contributed by atoms with Crippen LogP contribution in [0.15, 0.2) is 24.3 Å². The first kappa shape index (κ1) is 12.4. The minimum Gasteiger partial charge on any atom is -0.0834 e. The molecule has 1 aromatic rings. The lowest BCUT2D eigenvalue weighted by molar-refractivity contribution is 0.584. The van der Waals surface area contributed by atoms with Crippen LogP contribution >= 0.6 is 39.1 Å². The summed E-state index contributed by atoms with van der Waals surface area (Å²) in [6.07, 6.45) is 0. The third kappa shape index (κ3) is 2.88. The second kappa shape index (κ2) is 4.03. The molecule has 14 heavy (non-hydrogen) atoms. The molecule has 0 spiro atoms. The smallest absolute Gasteiger partial charge is 0.0834 e. The third-order valence-electron chi connectivity index (χ3n) is 2.04. The number of benzene rings is 1. The van der Waals surface area contributed by atoms with Crippen molar-refractivity contribution in [2.45, 2.75) is 29.4 Å². The van der Waals surface area contributed by atoms with E-state index in [4.69, 9.17) is 23.2 Å². The van der Waals surface area contributed by atoms with Crippen molar-refractivity contribution in [3.63, 3.8) is 0 Å². The Balaban J connectivity index is 3.31. The summed E-state index contributed by atoms with van der Waals surface area (Å²) in [6.45, 7) is 6.41. The van der Waals surface area contributed by atoms with Gasteiger partial charge in [0.15, 0.2) is 3.24 Å². The molecule has 78 valence electrons. The van der Waals surface area contributed by atoms with Gasteiger partial charge in [-0.15, -0.1) is 0 Å². The molecule has 0 fully saturated rings. The van der Waals surface area contributed by atoms with E-state index in [0.29, 0.717) is 0 Å². The van der Waals surface area contributed by atoms with Gasteiger partial charge in [0.2, 0.25) is 0 Å². The Morgan fingerprint density at radius 3 is 1.71 bits per heavy atom. The van der Waals surface area contributed by atoms with Crippen molar-refractivity contribution >= 4 is 39.1 Å². The average molecular weight is 296 g/mol. The fourth-order valence-electron chi connectivity index (χ4n) is 1.38. The molecule has 0 saturated heterocycles. The minimum atomic E-state index is -1.00. The largest absolute Gasteiger partial charge is 0.197 e. The molecule has 0 radical (unpaired) electrons. The van der Waals surface area contributed by atoms with E-state index in [0.717, 1.165) is 11.1 Å². The number of halogens is 3. The van der Waals surface area contributed by atoms with Gasteiger partial charge < -0.3 is 0 Å². The summed E-state index contributed by atoms with van der Waals surface area (Å²) >= 11 is 15.4. The standard InChI is InChI=1S/C11H13BrCl2/c1-10(2,3)8-6-4-5-7-9(8)11(12,13)14/h4-7H,1-3H3. The van der Waals surface area contributed by atoms with Crippen LogP contribution in [0, 0.1) is 0 Å². The fourth-order valence-corrected chi connectivity index (χ4v) is 2.06. The molecular formula is C11H13BrCl2. The Morgan fingerprint density at radius 2 is 1.43 bits per heavy atom. The number of alkyl halides is 3. The maximum atomic E-state index is 6.05. The summed E-state index contributed by atoms with van der Waals surface area (Å²) in [6, 6.07) is 7.92. The SMILES string of the molecule is CC(C)(C)c1ccccc1C(Cl)(Cl)Br. The van der Waals surface area contributed by atoms with Crippen molar-refractivity contribution in [3.05, 3.63) is 35.4 Å². The van der Waals surface area contributed by atoms with E-state index in [1.54, 1.807) is 0 Å². The van der Waals surface area contributed by atoms with Crippen LogP contribution in [0.3, 0.4) is 0 Å². The van der Waals surface area contributed by atoms with Crippen LogP contribution in [-0.2, 0) is 8.66 Å². The second-order valence-electron chi connectivity index (χ2n) is 4.29. The monoisotopic (exact) mass is 294 g/mol. The maximum absolute atomic E-state index is 6.05. The first-order valence-electron chi connectivity index (χ1n) is 4.39. The summed E-state index contributed by atoms with van der Waals surface area (Å²) in [5, 5.41) is 0. The third-order valence-corrected chi connectivity index (χ3v) is 2.87. The van der Waals surface area contributed by atoms with E-state index in [1.165, 1.54) is 0 Å². The highest BCUT2D eigenvalue weighted by molar-refractivity contribution is 9.10. The normalized spacial score (nSPS) is 13.0. The Bertz CT molecular complexity index is 288. The molecule has 0 aromatic heterocycles. The molecule has 0 aliphatic carbocycles. The molecule has 0 N–H and O–H groups in total. The van der Waals surface area contributed by atoms with Crippen LogP contribution in [0.1, 0.15) is 31.9 Å².